The average molecular weight is 259 g/mol. The zero-order valence-corrected chi connectivity index (χ0v) is 10.4. The molecule has 0 spiro atoms. The van der Waals surface area contributed by atoms with Crippen LogP contribution in [0.15, 0.2) is 42.6 Å². The molecule has 3 aromatic rings. The lowest BCUT2D eigenvalue weighted by Gasteiger charge is -2.11. The van der Waals surface area contributed by atoms with Crippen molar-refractivity contribution in [3.05, 3.63) is 53.7 Å². The Hall–Kier alpha value is -3.31. The molecule has 0 saturated heterocycles. The monoisotopic (exact) mass is 259 g/mol. The molecule has 2 N–H and O–H groups in total. The first kappa shape index (κ1) is 11.8. The molecule has 0 aliphatic heterocycles. The minimum atomic E-state index is 0.241. The van der Waals surface area contributed by atoms with Crippen LogP contribution < -0.4 is 5.73 Å². The van der Waals surface area contributed by atoms with Crippen LogP contribution in [-0.2, 0) is 0 Å². The fourth-order valence-electron chi connectivity index (χ4n) is 2.29. The third kappa shape index (κ3) is 1.51. The van der Waals surface area contributed by atoms with Gasteiger partial charge in [-0.05, 0) is 11.6 Å². The minimum Gasteiger partial charge on any atom is -0.383 e. The molecule has 0 radical (unpaired) electrons. The highest BCUT2D eigenvalue weighted by Gasteiger charge is 2.19. The summed E-state index contributed by atoms with van der Waals surface area (Å²) < 4.78 is 1.42. The van der Waals surface area contributed by atoms with Gasteiger partial charge in [0.2, 0.25) is 0 Å². The second kappa shape index (κ2) is 4.42. The van der Waals surface area contributed by atoms with E-state index in [2.05, 4.69) is 17.2 Å². The smallest absolute Gasteiger partial charge is 0.144 e. The van der Waals surface area contributed by atoms with Gasteiger partial charge in [-0.25, -0.2) is 4.52 Å². The molecule has 2 heterocycles. The van der Waals surface area contributed by atoms with Crippen molar-refractivity contribution >= 4 is 11.3 Å². The fourth-order valence-corrected chi connectivity index (χ4v) is 2.29. The average Bonchev–Trinajstić information content (AvgIpc) is 2.97. The predicted molar refractivity (Wildman–Crippen MR) is 74.5 cm³/mol. The van der Waals surface area contributed by atoms with Gasteiger partial charge in [0.15, 0.2) is 0 Å². The van der Waals surface area contributed by atoms with Gasteiger partial charge in [0.05, 0.1) is 17.3 Å². The van der Waals surface area contributed by atoms with Gasteiger partial charge in [-0.3, -0.25) is 0 Å². The second-order valence-electron chi connectivity index (χ2n) is 4.23. The summed E-state index contributed by atoms with van der Waals surface area (Å²) in [6.07, 6.45) is 1.56. The number of nitrogens with two attached hydrogens (primary N) is 1. The first-order chi connectivity index (χ1) is 9.77. The summed E-state index contributed by atoms with van der Waals surface area (Å²) in [6.45, 7) is 0. The molecule has 5 nitrogen and oxygen atoms in total. The van der Waals surface area contributed by atoms with Gasteiger partial charge < -0.3 is 5.73 Å². The lowest BCUT2D eigenvalue weighted by molar-refractivity contribution is 0.969. The summed E-state index contributed by atoms with van der Waals surface area (Å²) in [6, 6.07) is 15.2. The van der Waals surface area contributed by atoms with E-state index in [0.29, 0.717) is 16.6 Å². The van der Waals surface area contributed by atoms with Crippen LogP contribution in [-0.4, -0.2) is 9.61 Å². The lowest BCUT2D eigenvalue weighted by atomic mass is 9.95. The van der Waals surface area contributed by atoms with Crippen molar-refractivity contribution in [2.45, 2.75) is 0 Å². The number of benzene rings is 1. The highest BCUT2D eigenvalue weighted by Crippen LogP contribution is 2.33. The standard InChI is InChI=1S/C15H9N5/c16-8-11-13-6-7-19-20(13)15(18)12(9-17)14(11)10-4-2-1-3-5-10/h1-7H,18H2. The van der Waals surface area contributed by atoms with Crippen LogP contribution >= 0.6 is 0 Å². The summed E-state index contributed by atoms with van der Waals surface area (Å²) in [5, 5.41) is 22.9. The van der Waals surface area contributed by atoms with Crippen LogP contribution in [0.1, 0.15) is 11.1 Å². The molecule has 1 aromatic carbocycles. The Kier molecular flexibility index (Phi) is 2.60. The van der Waals surface area contributed by atoms with E-state index < -0.39 is 0 Å². The van der Waals surface area contributed by atoms with E-state index in [0.717, 1.165) is 5.56 Å². The molecule has 2 aromatic heterocycles. The van der Waals surface area contributed by atoms with Crippen molar-refractivity contribution in [1.29, 1.82) is 10.5 Å². The third-order valence-corrected chi connectivity index (χ3v) is 3.17. The van der Waals surface area contributed by atoms with Crippen LogP contribution in [0.5, 0.6) is 0 Å². The number of nitriles is 2. The molecule has 94 valence electrons. The number of hydrogen-bond donors (Lipinski definition) is 1. The third-order valence-electron chi connectivity index (χ3n) is 3.17. The van der Waals surface area contributed by atoms with Crippen molar-refractivity contribution in [1.82, 2.24) is 9.61 Å². The zero-order valence-electron chi connectivity index (χ0n) is 10.4. The molecule has 0 saturated carbocycles. The first-order valence-electron chi connectivity index (χ1n) is 5.92. The largest absolute Gasteiger partial charge is 0.383 e. The summed E-state index contributed by atoms with van der Waals surface area (Å²) in [7, 11) is 0. The van der Waals surface area contributed by atoms with E-state index in [1.54, 1.807) is 12.3 Å². The summed E-state index contributed by atoms with van der Waals surface area (Å²) >= 11 is 0. The van der Waals surface area contributed by atoms with Crippen molar-refractivity contribution in [2.24, 2.45) is 0 Å². The van der Waals surface area contributed by atoms with Crippen molar-refractivity contribution in [3.63, 3.8) is 0 Å². The van der Waals surface area contributed by atoms with Gasteiger partial charge in [-0.15, -0.1) is 0 Å². The quantitative estimate of drug-likeness (QED) is 0.726. The number of pyridine rings is 1. The lowest BCUT2D eigenvalue weighted by Crippen LogP contribution is -2.06. The Bertz CT molecular complexity index is 878. The molecule has 0 unspecified atom stereocenters. The highest BCUT2D eigenvalue weighted by atomic mass is 15.2. The predicted octanol–water partition coefficient (Wildman–Crippen LogP) is 2.33. The number of hydrogen-bond acceptors (Lipinski definition) is 4. The molecule has 0 fully saturated rings. The number of anilines is 1. The topological polar surface area (TPSA) is 90.9 Å². The maximum atomic E-state index is 9.47. The van der Waals surface area contributed by atoms with E-state index in [1.165, 1.54) is 4.52 Å². The molecule has 0 bridgehead atoms. The highest BCUT2D eigenvalue weighted by molar-refractivity contribution is 5.87. The van der Waals surface area contributed by atoms with Gasteiger partial charge in [0.25, 0.3) is 0 Å². The van der Waals surface area contributed by atoms with E-state index in [-0.39, 0.29) is 11.4 Å². The Morgan fingerprint density at radius 1 is 1.00 bits per heavy atom. The molecule has 20 heavy (non-hydrogen) atoms. The number of rotatable bonds is 1. The van der Waals surface area contributed by atoms with Gasteiger partial charge >= 0.3 is 0 Å². The number of nitrogen functional groups attached to an aromatic ring is 1. The molecular weight excluding hydrogens is 250 g/mol. The molecular formula is C15H9N5. The van der Waals surface area contributed by atoms with Crippen LogP contribution in [0, 0.1) is 22.7 Å². The number of aromatic nitrogens is 2. The first-order valence-corrected chi connectivity index (χ1v) is 5.92. The molecule has 0 aliphatic rings. The Labute approximate surface area is 115 Å². The minimum absolute atomic E-state index is 0.241. The van der Waals surface area contributed by atoms with Crippen LogP contribution in [0.3, 0.4) is 0 Å². The second-order valence-corrected chi connectivity index (χ2v) is 4.23. The summed E-state index contributed by atoms with van der Waals surface area (Å²) in [5.41, 5.74) is 8.62. The van der Waals surface area contributed by atoms with Gasteiger partial charge in [0, 0.05) is 5.56 Å². The number of fused-ring (bicyclic) bond motifs is 1. The van der Waals surface area contributed by atoms with Gasteiger partial charge in [-0.1, -0.05) is 30.3 Å². The van der Waals surface area contributed by atoms with E-state index in [1.807, 2.05) is 30.3 Å². The normalized spacial score (nSPS) is 10.1. The SMILES string of the molecule is N#Cc1c(-c2ccccc2)c(C#N)c2ccnn2c1N. The molecule has 0 atom stereocenters. The fraction of sp³-hybridized carbons (Fsp3) is 0. The Morgan fingerprint density at radius 2 is 1.70 bits per heavy atom. The van der Waals surface area contributed by atoms with Crippen molar-refractivity contribution in [2.75, 3.05) is 5.73 Å². The Morgan fingerprint density at radius 3 is 2.35 bits per heavy atom. The van der Waals surface area contributed by atoms with E-state index >= 15 is 0 Å². The van der Waals surface area contributed by atoms with E-state index in [4.69, 9.17) is 5.73 Å². The molecule has 0 amide bonds. The van der Waals surface area contributed by atoms with Crippen LogP contribution in [0.25, 0.3) is 16.6 Å². The van der Waals surface area contributed by atoms with Crippen molar-refractivity contribution in [3.8, 4) is 23.3 Å². The maximum absolute atomic E-state index is 9.47. The maximum Gasteiger partial charge on any atom is 0.144 e. The van der Waals surface area contributed by atoms with E-state index in [9.17, 15) is 10.5 Å². The van der Waals surface area contributed by atoms with Gasteiger partial charge in [0.1, 0.15) is 23.5 Å². The van der Waals surface area contributed by atoms with Crippen LogP contribution in [0.2, 0.25) is 0 Å². The van der Waals surface area contributed by atoms with Gasteiger partial charge in [-0.2, -0.15) is 15.6 Å². The summed E-state index contributed by atoms with van der Waals surface area (Å²) in [5.74, 6) is 0.241. The molecule has 3 rings (SSSR count). The molecule has 0 aliphatic carbocycles. The van der Waals surface area contributed by atoms with Crippen molar-refractivity contribution < 1.29 is 0 Å². The summed E-state index contributed by atoms with van der Waals surface area (Å²) in [4.78, 5) is 0. The Balaban J connectivity index is 2.53. The molecule has 5 heteroatoms. The van der Waals surface area contributed by atoms with Crippen LogP contribution in [0.4, 0.5) is 5.82 Å². The zero-order chi connectivity index (χ0) is 14.1. The number of nitrogens with zero attached hydrogens (tertiary/aromatic N) is 4.